The SMILES string of the molecule is Cn1ccnc1CN1CCN(C(=O)c2ccc3ccccc3n2)CC1.O=C(O)C(F)(F)F. The van der Waals surface area contributed by atoms with Crippen LogP contribution in [-0.4, -0.2) is 73.7 Å². The van der Waals surface area contributed by atoms with Crippen molar-refractivity contribution in [3.05, 3.63) is 60.3 Å². The molecule has 0 aliphatic carbocycles. The highest BCUT2D eigenvalue weighted by Gasteiger charge is 2.38. The Kier molecular flexibility index (Phi) is 7.08. The first-order chi connectivity index (χ1) is 15.1. The molecule has 0 spiro atoms. The number of fused-ring (bicyclic) bond motifs is 1. The second-order valence-corrected chi connectivity index (χ2v) is 7.21. The van der Waals surface area contributed by atoms with Gasteiger partial charge in [0.15, 0.2) is 0 Å². The highest BCUT2D eigenvalue weighted by Crippen LogP contribution is 2.15. The fourth-order valence-corrected chi connectivity index (χ4v) is 3.21. The van der Waals surface area contributed by atoms with Crippen molar-refractivity contribution in [2.45, 2.75) is 12.7 Å². The summed E-state index contributed by atoms with van der Waals surface area (Å²) >= 11 is 0. The number of imidazole rings is 1. The Morgan fingerprint density at radius 1 is 1.06 bits per heavy atom. The van der Waals surface area contributed by atoms with Crippen LogP contribution in [-0.2, 0) is 18.4 Å². The summed E-state index contributed by atoms with van der Waals surface area (Å²) in [4.78, 5) is 34.8. The molecule has 1 fully saturated rings. The van der Waals surface area contributed by atoms with Gasteiger partial charge in [0.05, 0.1) is 12.1 Å². The molecule has 1 saturated heterocycles. The molecule has 0 unspecified atom stereocenters. The van der Waals surface area contributed by atoms with Crippen LogP contribution in [0.4, 0.5) is 13.2 Å². The van der Waals surface area contributed by atoms with Gasteiger partial charge in [-0.1, -0.05) is 24.3 Å². The number of carboxylic acids is 1. The zero-order chi connectivity index (χ0) is 23.3. The zero-order valence-electron chi connectivity index (χ0n) is 17.3. The molecule has 170 valence electrons. The molecule has 1 aliphatic rings. The number of aryl methyl sites for hydroxylation is 1. The number of carbonyl (C=O) groups is 2. The molecule has 4 rings (SSSR count). The van der Waals surface area contributed by atoms with E-state index in [1.165, 1.54) is 0 Å². The molecule has 3 aromatic rings. The van der Waals surface area contributed by atoms with Crippen molar-refractivity contribution in [2.24, 2.45) is 7.05 Å². The molecule has 1 aromatic carbocycles. The summed E-state index contributed by atoms with van der Waals surface area (Å²) in [6.45, 7) is 3.97. The molecule has 1 N–H and O–H groups in total. The van der Waals surface area contributed by atoms with E-state index in [2.05, 4.69) is 14.9 Å². The van der Waals surface area contributed by atoms with Gasteiger partial charge >= 0.3 is 12.1 Å². The van der Waals surface area contributed by atoms with Gasteiger partial charge in [-0.25, -0.2) is 14.8 Å². The van der Waals surface area contributed by atoms with E-state index >= 15 is 0 Å². The van der Waals surface area contributed by atoms with Gasteiger partial charge in [-0.15, -0.1) is 0 Å². The molecular formula is C21H22F3N5O3. The fourth-order valence-electron chi connectivity index (χ4n) is 3.21. The Morgan fingerprint density at radius 3 is 2.31 bits per heavy atom. The maximum atomic E-state index is 12.7. The summed E-state index contributed by atoms with van der Waals surface area (Å²) in [6, 6.07) is 11.7. The number of carbonyl (C=O) groups excluding carboxylic acids is 1. The van der Waals surface area contributed by atoms with E-state index < -0.39 is 12.1 Å². The van der Waals surface area contributed by atoms with E-state index in [1.807, 2.05) is 65.3 Å². The number of hydrogen-bond donors (Lipinski definition) is 1. The second-order valence-electron chi connectivity index (χ2n) is 7.21. The van der Waals surface area contributed by atoms with Crippen LogP contribution in [0, 0.1) is 0 Å². The fraction of sp³-hybridized carbons (Fsp3) is 0.333. The minimum absolute atomic E-state index is 0.0161. The number of nitrogens with zero attached hydrogens (tertiary/aromatic N) is 5. The van der Waals surface area contributed by atoms with Gasteiger partial charge in [-0.2, -0.15) is 13.2 Å². The summed E-state index contributed by atoms with van der Waals surface area (Å²) < 4.78 is 33.8. The van der Waals surface area contributed by atoms with Gasteiger partial charge < -0.3 is 14.6 Å². The van der Waals surface area contributed by atoms with Gasteiger partial charge in [-0.05, 0) is 12.1 Å². The number of rotatable bonds is 3. The predicted molar refractivity (Wildman–Crippen MR) is 110 cm³/mol. The number of piperazine rings is 1. The highest BCUT2D eigenvalue weighted by molar-refractivity contribution is 5.95. The van der Waals surface area contributed by atoms with Crippen LogP contribution in [0.25, 0.3) is 10.9 Å². The number of aliphatic carboxylic acids is 1. The van der Waals surface area contributed by atoms with Gasteiger partial charge in [-0.3, -0.25) is 9.69 Å². The number of pyridine rings is 1. The Hall–Kier alpha value is -3.47. The maximum absolute atomic E-state index is 12.7. The van der Waals surface area contributed by atoms with Crippen molar-refractivity contribution >= 4 is 22.8 Å². The van der Waals surface area contributed by atoms with Gasteiger partial charge in [0.2, 0.25) is 0 Å². The average molecular weight is 449 g/mol. The zero-order valence-corrected chi connectivity index (χ0v) is 17.3. The van der Waals surface area contributed by atoms with Crippen LogP contribution >= 0.6 is 0 Å². The van der Waals surface area contributed by atoms with Crippen molar-refractivity contribution in [3.63, 3.8) is 0 Å². The topological polar surface area (TPSA) is 91.6 Å². The molecule has 1 amide bonds. The summed E-state index contributed by atoms with van der Waals surface area (Å²) in [5.41, 5.74) is 1.39. The molecule has 0 saturated carbocycles. The minimum Gasteiger partial charge on any atom is -0.475 e. The molecule has 0 bridgehead atoms. The van der Waals surface area contributed by atoms with Crippen molar-refractivity contribution in [1.29, 1.82) is 0 Å². The first kappa shape index (κ1) is 23.2. The maximum Gasteiger partial charge on any atom is 0.490 e. The normalized spacial score (nSPS) is 14.7. The highest BCUT2D eigenvalue weighted by atomic mass is 19.4. The lowest BCUT2D eigenvalue weighted by Gasteiger charge is -2.34. The average Bonchev–Trinajstić information content (AvgIpc) is 3.17. The van der Waals surface area contributed by atoms with E-state index in [-0.39, 0.29) is 5.91 Å². The summed E-state index contributed by atoms with van der Waals surface area (Å²) in [5, 5.41) is 8.18. The van der Waals surface area contributed by atoms with E-state index in [9.17, 15) is 18.0 Å². The third kappa shape index (κ3) is 5.82. The number of benzene rings is 1. The van der Waals surface area contributed by atoms with Crippen molar-refractivity contribution in [2.75, 3.05) is 26.2 Å². The monoisotopic (exact) mass is 449 g/mol. The summed E-state index contributed by atoms with van der Waals surface area (Å²) in [6.07, 6.45) is -1.30. The molecule has 8 nitrogen and oxygen atoms in total. The van der Waals surface area contributed by atoms with Crippen LogP contribution in [0.15, 0.2) is 48.8 Å². The van der Waals surface area contributed by atoms with Crippen molar-refractivity contribution in [3.8, 4) is 0 Å². The third-order valence-electron chi connectivity index (χ3n) is 5.01. The van der Waals surface area contributed by atoms with E-state index in [1.54, 1.807) is 0 Å². The summed E-state index contributed by atoms with van der Waals surface area (Å²) in [7, 11) is 2.01. The number of halogens is 3. The largest absolute Gasteiger partial charge is 0.490 e. The molecule has 3 heterocycles. The van der Waals surface area contributed by atoms with Crippen LogP contribution in [0.1, 0.15) is 16.3 Å². The molecular weight excluding hydrogens is 427 g/mol. The van der Waals surface area contributed by atoms with Crippen molar-refractivity contribution < 1.29 is 27.9 Å². The first-order valence-electron chi connectivity index (χ1n) is 9.79. The predicted octanol–water partition coefficient (Wildman–Crippen LogP) is 2.56. The molecule has 0 atom stereocenters. The van der Waals surface area contributed by atoms with Crippen LogP contribution in [0.3, 0.4) is 0 Å². The molecule has 2 aromatic heterocycles. The number of hydrogen-bond acceptors (Lipinski definition) is 5. The molecule has 11 heteroatoms. The number of aromatic nitrogens is 3. The Morgan fingerprint density at radius 2 is 1.72 bits per heavy atom. The van der Waals surface area contributed by atoms with Crippen molar-refractivity contribution in [1.82, 2.24) is 24.3 Å². The van der Waals surface area contributed by atoms with Gasteiger partial charge in [0.1, 0.15) is 11.5 Å². The lowest BCUT2D eigenvalue weighted by molar-refractivity contribution is -0.192. The Bertz CT molecular complexity index is 1090. The molecule has 32 heavy (non-hydrogen) atoms. The van der Waals surface area contributed by atoms with Crippen LogP contribution in [0.2, 0.25) is 0 Å². The number of para-hydroxylation sites is 1. The smallest absolute Gasteiger partial charge is 0.475 e. The minimum atomic E-state index is -5.08. The lowest BCUT2D eigenvalue weighted by atomic mass is 10.2. The van der Waals surface area contributed by atoms with Gasteiger partial charge in [0, 0.05) is 51.0 Å². The first-order valence-corrected chi connectivity index (χ1v) is 9.79. The van der Waals surface area contributed by atoms with Crippen LogP contribution in [0.5, 0.6) is 0 Å². The van der Waals surface area contributed by atoms with Gasteiger partial charge in [0.25, 0.3) is 5.91 Å². The quantitative estimate of drug-likeness (QED) is 0.661. The van der Waals surface area contributed by atoms with E-state index in [0.29, 0.717) is 5.69 Å². The number of amides is 1. The Labute approximate surface area is 181 Å². The summed E-state index contributed by atoms with van der Waals surface area (Å²) in [5.74, 6) is -1.69. The number of alkyl halides is 3. The number of carboxylic acid groups (broad SMARTS) is 1. The third-order valence-corrected chi connectivity index (χ3v) is 5.01. The lowest BCUT2D eigenvalue weighted by Crippen LogP contribution is -2.48. The second kappa shape index (κ2) is 9.77. The van der Waals surface area contributed by atoms with Crippen LogP contribution < -0.4 is 0 Å². The molecule has 1 aliphatic heterocycles. The molecule has 0 radical (unpaired) electrons. The van der Waals surface area contributed by atoms with E-state index in [4.69, 9.17) is 9.90 Å². The standard InChI is InChI=1S/C19H21N5O.C2HF3O2/c1-22-9-8-20-18(22)14-23-10-12-24(13-11-23)19(25)17-7-6-15-4-2-3-5-16(15)21-17;3-2(4,5)1(6)7/h2-9H,10-14H2,1H3;(H,6,7). The Balaban J connectivity index is 0.000000360. The van der Waals surface area contributed by atoms with E-state index in [0.717, 1.165) is 49.5 Å².